The van der Waals surface area contributed by atoms with Gasteiger partial charge in [0.15, 0.2) is 0 Å². The Morgan fingerprint density at radius 3 is 3.08 bits per heavy atom. The van der Waals surface area contributed by atoms with E-state index in [9.17, 15) is 0 Å². The minimum atomic E-state index is 0.273. The first kappa shape index (κ1) is 8.44. The summed E-state index contributed by atoms with van der Waals surface area (Å²) in [4.78, 5) is 7.89. The summed E-state index contributed by atoms with van der Waals surface area (Å²) in [5.41, 5.74) is 5.92. The van der Waals surface area contributed by atoms with Crippen molar-refractivity contribution in [2.75, 3.05) is 11.9 Å². The molecule has 0 aromatic carbocycles. The van der Waals surface area contributed by atoms with Crippen LogP contribution in [0.3, 0.4) is 0 Å². The maximum Gasteiger partial charge on any atom is 0.129 e. The molecule has 13 heavy (non-hydrogen) atoms. The lowest BCUT2D eigenvalue weighted by atomic mass is 10.2. The van der Waals surface area contributed by atoms with Crippen molar-refractivity contribution >= 4 is 5.82 Å². The largest absolute Gasteiger partial charge is 0.368 e. The Kier molecular flexibility index (Phi) is 2.40. The molecule has 1 aromatic heterocycles. The Hall–Kier alpha value is -1.16. The molecular weight excluding hydrogens is 164 g/mol. The molecule has 0 radical (unpaired) electrons. The molecule has 4 heteroatoms. The van der Waals surface area contributed by atoms with Crippen LogP contribution in [-0.2, 0) is 0 Å². The van der Waals surface area contributed by atoms with E-state index < -0.39 is 0 Å². The summed E-state index contributed by atoms with van der Waals surface area (Å²) < 4.78 is 0. The van der Waals surface area contributed by atoms with Crippen molar-refractivity contribution in [3.8, 4) is 0 Å². The van der Waals surface area contributed by atoms with Crippen LogP contribution in [-0.4, -0.2) is 22.6 Å². The lowest BCUT2D eigenvalue weighted by molar-refractivity contribution is 0.620. The molecule has 0 spiro atoms. The van der Waals surface area contributed by atoms with Crippen molar-refractivity contribution in [1.29, 1.82) is 0 Å². The lowest BCUT2D eigenvalue weighted by Crippen LogP contribution is -2.31. The Labute approximate surface area is 77.6 Å². The molecule has 70 valence electrons. The number of nitrogens with zero attached hydrogens (tertiary/aromatic N) is 2. The smallest absolute Gasteiger partial charge is 0.129 e. The number of hydrogen-bond donors (Lipinski definition) is 2. The molecule has 1 unspecified atom stereocenters. The first-order valence-electron chi connectivity index (χ1n) is 4.62. The molecule has 4 nitrogen and oxygen atoms in total. The predicted octanol–water partition coefficient (Wildman–Crippen LogP) is 0.626. The average Bonchev–Trinajstić information content (AvgIpc) is 2.99. The maximum absolute atomic E-state index is 5.92. The first-order chi connectivity index (χ1) is 6.36. The Morgan fingerprint density at radius 2 is 2.46 bits per heavy atom. The fourth-order valence-electron chi connectivity index (χ4n) is 1.31. The molecular formula is C9H14N4. The SMILES string of the molecule is NC(CNc1ccncn1)C1CC1. The number of anilines is 1. The molecule has 0 amide bonds. The van der Waals surface area contributed by atoms with Gasteiger partial charge >= 0.3 is 0 Å². The summed E-state index contributed by atoms with van der Waals surface area (Å²) >= 11 is 0. The third kappa shape index (κ3) is 2.39. The van der Waals surface area contributed by atoms with Crippen molar-refractivity contribution < 1.29 is 0 Å². The molecule has 1 fully saturated rings. The van der Waals surface area contributed by atoms with Crippen LogP contribution in [0.25, 0.3) is 0 Å². The van der Waals surface area contributed by atoms with Gasteiger partial charge in [-0.05, 0) is 24.8 Å². The van der Waals surface area contributed by atoms with E-state index in [0.29, 0.717) is 0 Å². The van der Waals surface area contributed by atoms with Gasteiger partial charge in [-0.25, -0.2) is 9.97 Å². The predicted molar refractivity (Wildman–Crippen MR) is 51.2 cm³/mol. The topological polar surface area (TPSA) is 63.8 Å². The van der Waals surface area contributed by atoms with Crippen LogP contribution in [0.4, 0.5) is 5.82 Å². The number of hydrogen-bond acceptors (Lipinski definition) is 4. The zero-order chi connectivity index (χ0) is 9.10. The standard InChI is InChI=1S/C9H14N4/c10-8(7-1-2-7)5-12-9-3-4-11-6-13-9/h3-4,6-8H,1-2,5,10H2,(H,11,12,13). The van der Waals surface area contributed by atoms with Crippen LogP contribution < -0.4 is 11.1 Å². The van der Waals surface area contributed by atoms with Gasteiger partial charge in [0, 0.05) is 18.8 Å². The highest BCUT2D eigenvalue weighted by molar-refractivity contribution is 5.31. The van der Waals surface area contributed by atoms with E-state index in [4.69, 9.17) is 5.73 Å². The first-order valence-corrected chi connectivity index (χ1v) is 4.62. The van der Waals surface area contributed by atoms with Crippen molar-refractivity contribution in [3.05, 3.63) is 18.6 Å². The van der Waals surface area contributed by atoms with Crippen LogP contribution in [0.2, 0.25) is 0 Å². The fraction of sp³-hybridized carbons (Fsp3) is 0.556. The van der Waals surface area contributed by atoms with Crippen molar-refractivity contribution in [3.63, 3.8) is 0 Å². The summed E-state index contributed by atoms with van der Waals surface area (Å²) in [6, 6.07) is 2.12. The maximum atomic E-state index is 5.92. The summed E-state index contributed by atoms with van der Waals surface area (Å²) in [6.45, 7) is 0.807. The molecule has 2 rings (SSSR count). The number of rotatable bonds is 4. The normalized spacial score (nSPS) is 18.2. The zero-order valence-electron chi connectivity index (χ0n) is 7.48. The van der Waals surface area contributed by atoms with Gasteiger partial charge in [-0.15, -0.1) is 0 Å². The van der Waals surface area contributed by atoms with Crippen LogP contribution >= 0.6 is 0 Å². The molecule has 0 bridgehead atoms. The number of aromatic nitrogens is 2. The highest BCUT2D eigenvalue weighted by atomic mass is 15.0. The second-order valence-electron chi connectivity index (χ2n) is 3.48. The Bertz CT molecular complexity index is 258. The highest BCUT2D eigenvalue weighted by Crippen LogP contribution is 2.31. The highest BCUT2D eigenvalue weighted by Gasteiger charge is 2.27. The quantitative estimate of drug-likeness (QED) is 0.709. The van der Waals surface area contributed by atoms with E-state index in [1.54, 1.807) is 6.20 Å². The monoisotopic (exact) mass is 178 g/mol. The van der Waals surface area contributed by atoms with Crippen LogP contribution in [0.15, 0.2) is 18.6 Å². The summed E-state index contributed by atoms with van der Waals surface area (Å²) in [5.74, 6) is 1.58. The second kappa shape index (κ2) is 3.70. The van der Waals surface area contributed by atoms with Crippen LogP contribution in [0.5, 0.6) is 0 Å². The van der Waals surface area contributed by atoms with Gasteiger partial charge in [-0.2, -0.15) is 0 Å². The molecule has 3 N–H and O–H groups in total. The van der Waals surface area contributed by atoms with Crippen LogP contribution in [0, 0.1) is 5.92 Å². The molecule has 0 saturated heterocycles. The van der Waals surface area contributed by atoms with Crippen molar-refractivity contribution in [2.24, 2.45) is 11.7 Å². The zero-order valence-corrected chi connectivity index (χ0v) is 7.48. The Morgan fingerprint density at radius 1 is 1.62 bits per heavy atom. The van der Waals surface area contributed by atoms with Crippen molar-refractivity contribution in [2.45, 2.75) is 18.9 Å². The molecule has 1 atom stereocenters. The minimum absolute atomic E-state index is 0.273. The van der Waals surface area contributed by atoms with Crippen molar-refractivity contribution in [1.82, 2.24) is 9.97 Å². The van der Waals surface area contributed by atoms with Gasteiger partial charge in [0.05, 0.1) is 0 Å². The second-order valence-corrected chi connectivity index (χ2v) is 3.48. The molecule has 1 aromatic rings. The number of nitrogens with one attached hydrogen (secondary N) is 1. The third-order valence-corrected chi connectivity index (χ3v) is 2.33. The van der Waals surface area contributed by atoms with E-state index in [1.165, 1.54) is 19.2 Å². The summed E-state index contributed by atoms with van der Waals surface area (Å²) in [5, 5.41) is 3.19. The minimum Gasteiger partial charge on any atom is -0.368 e. The van der Waals surface area contributed by atoms with Gasteiger partial charge in [0.25, 0.3) is 0 Å². The molecule has 1 saturated carbocycles. The lowest BCUT2D eigenvalue weighted by Gasteiger charge is -2.11. The van der Waals surface area contributed by atoms with E-state index in [0.717, 1.165) is 18.3 Å². The third-order valence-electron chi connectivity index (χ3n) is 2.33. The number of nitrogens with two attached hydrogens (primary N) is 1. The van der Waals surface area contributed by atoms with Gasteiger partial charge in [-0.1, -0.05) is 0 Å². The van der Waals surface area contributed by atoms with E-state index >= 15 is 0 Å². The summed E-state index contributed by atoms with van der Waals surface area (Å²) in [7, 11) is 0. The summed E-state index contributed by atoms with van der Waals surface area (Å²) in [6.07, 6.45) is 5.82. The van der Waals surface area contributed by atoms with E-state index in [2.05, 4.69) is 15.3 Å². The van der Waals surface area contributed by atoms with Gasteiger partial charge in [0.2, 0.25) is 0 Å². The van der Waals surface area contributed by atoms with Gasteiger partial charge in [-0.3, -0.25) is 0 Å². The Balaban J connectivity index is 1.78. The average molecular weight is 178 g/mol. The fourth-order valence-corrected chi connectivity index (χ4v) is 1.31. The van der Waals surface area contributed by atoms with Crippen LogP contribution in [0.1, 0.15) is 12.8 Å². The van der Waals surface area contributed by atoms with Gasteiger partial charge < -0.3 is 11.1 Å². The molecule has 1 aliphatic rings. The molecule has 0 aliphatic heterocycles. The van der Waals surface area contributed by atoms with E-state index in [-0.39, 0.29) is 6.04 Å². The van der Waals surface area contributed by atoms with E-state index in [1.807, 2.05) is 6.07 Å². The molecule has 1 heterocycles. The van der Waals surface area contributed by atoms with Gasteiger partial charge in [0.1, 0.15) is 12.1 Å². The molecule has 1 aliphatic carbocycles.